The molecule has 0 saturated carbocycles. The van der Waals surface area contributed by atoms with Crippen molar-refractivity contribution in [2.45, 2.75) is 6.92 Å². The molecule has 2 heterocycles. The quantitative estimate of drug-likeness (QED) is 0.680. The number of H-pyrrole nitrogens is 2. The molecule has 0 radical (unpaired) electrons. The maximum absolute atomic E-state index is 11.9. The van der Waals surface area contributed by atoms with Crippen molar-refractivity contribution in [2.24, 2.45) is 0 Å². The minimum Gasteiger partial charge on any atom is -0.341 e. The Morgan fingerprint density at radius 3 is 2.90 bits per heavy atom. The van der Waals surface area contributed by atoms with Crippen LogP contribution in [-0.2, 0) is 0 Å². The Balaban J connectivity index is 1.81. The molecule has 1 aromatic carbocycles. The van der Waals surface area contributed by atoms with Gasteiger partial charge in [-0.15, -0.1) is 0 Å². The number of aryl methyl sites for hydroxylation is 1. The zero-order valence-corrected chi connectivity index (χ0v) is 10.8. The first-order valence-corrected chi connectivity index (χ1v) is 6.15. The Morgan fingerprint density at radius 1 is 1.30 bits per heavy atom. The number of anilines is 1. The topological polar surface area (TPSA) is 86.5 Å². The fourth-order valence-corrected chi connectivity index (χ4v) is 1.96. The van der Waals surface area contributed by atoms with Gasteiger partial charge in [-0.05, 0) is 12.5 Å². The number of hydrogen-bond donors (Lipinski definition) is 3. The first kappa shape index (κ1) is 12.2. The van der Waals surface area contributed by atoms with Crippen molar-refractivity contribution in [1.29, 1.82) is 0 Å². The molecule has 0 atom stereocenters. The molecule has 100 valence electrons. The van der Waals surface area contributed by atoms with E-state index in [1.165, 1.54) is 12.5 Å². The number of benzene rings is 1. The molecule has 2 aromatic heterocycles. The van der Waals surface area contributed by atoms with Gasteiger partial charge >= 0.3 is 0 Å². The van der Waals surface area contributed by atoms with E-state index in [1.54, 1.807) is 6.07 Å². The average Bonchev–Trinajstić information content (AvgIpc) is 3.10. The summed E-state index contributed by atoms with van der Waals surface area (Å²) in [5.41, 5.74) is 3.46. The van der Waals surface area contributed by atoms with Crippen molar-refractivity contribution in [2.75, 3.05) is 5.32 Å². The third-order valence-corrected chi connectivity index (χ3v) is 3.00. The molecule has 0 aliphatic heterocycles. The van der Waals surface area contributed by atoms with Crippen molar-refractivity contribution in [3.8, 4) is 11.3 Å². The molecular weight excluding hydrogens is 254 g/mol. The lowest BCUT2D eigenvalue weighted by Crippen LogP contribution is -2.12. The van der Waals surface area contributed by atoms with E-state index in [0.29, 0.717) is 11.5 Å². The number of carbonyl (C=O) groups is 1. The molecule has 6 nitrogen and oxygen atoms in total. The predicted octanol–water partition coefficient (Wildman–Crippen LogP) is 2.36. The molecule has 1 amide bonds. The van der Waals surface area contributed by atoms with Crippen LogP contribution in [0.3, 0.4) is 0 Å². The van der Waals surface area contributed by atoms with Crippen LogP contribution in [0.15, 0.2) is 42.9 Å². The minimum absolute atomic E-state index is 0.273. The monoisotopic (exact) mass is 267 g/mol. The summed E-state index contributed by atoms with van der Waals surface area (Å²) in [4.78, 5) is 18.4. The third-order valence-electron chi connectivity index (χ3n) is 3.00. The Morgan fingerprint density at radius 2 is 2.15 bits per heavy atom. The fraction of sp³-hybridized carbons (Fsp3) is 0.0714. The number of imidazole rings is 1. The van der Waals surface area contributed by atoms with Crippen LogP contribution in [0, 0.1) is 6.92 Å². The van der Waals surface area contributed by atoms with Gasteiger partial charge in [0.2, 0.25) is 0 Å². The van der Waals surface area contributed by atoms with Crippen LogP contribution in [0.4, 0.5) is 5.82 Å². The van der Waals surface area contributed by atoms with Crippen molar-refractivity contribution in [1.82, 2.24) is 20.2 Å². The highest BCUT2D eigenvalue weighted by atomic mass is 16.2. The average molecular weight is 267 g/mol. The van der Waals surface area contributed by atoms with E-state index in [0.717, 1.165) is 16.8 Å². The third kappa shape index (κ3) is 2.31. The standard InChI is InChI=1S/C14H13N5O/c1-9-4-2-3-5-10(9)11-6-13(19-18-11)17-14(20)12-7-15-8-16-12/h2-8H,1H3,(H,15,16)(H2,17,18,19,20). The summed E-state index contributed by atoms with van der Waals surface area (Å²) in [5, 5.41) is 9.72. The van der Waals surface area contributed by atoms with Gasteiger partial charge in [0.05, 0.1) is 18.2 Å². The van der Waals surface area contributed by atoms with Crippen LogP contribution in [0.1, 0.15) is 16.1 Å². The van der Waals surface area contributed by atoms with Crippen LogP contribution in [0.2, 0.25) is 0 Å². The van der Waals surface area contributed by atoms with E-state index in [1.807, 2.05) is 31.2 Å². The van der Waals surface area contributed by atoms with E-state index in [-0.39, 0.29) is 5.91 Å². The highest BCUT2D eigenvalue weighted by Gasteiger charge is 2.10. The summed E-state index contributed by atoms with van der Waals surface area (Å²) in [6.45, 7) is 2.03. The van der Waals surface area contributed by atoms with Gasteiger partial charge in [0.25, 0.3) is 5.91 Å². The zero-order valence-electron chi connectivity index (χ0n) is 10.8. The number of hydrogen-bond acceptors (Lipinski definition) is 3. The lowest BCUT2D eigenvalue weighted by molar-refractivity contribution is 0.102. The molecule has 0 saturated heterocycles. The molecule has 0 aliphatic carbocycles. The van der Waals surface area contributed by atoms with Gasteiger partial charge in [-0.25, -0.2) is 4.98 Å². The number of nitrogens with one attached hydrogen (secondary N) is 3. The predicted molar refractivity (Wildman–Crippen MR) is 75.3 cm³/mol. The molecule has 0 aliphatic rings. The second-order valence-electron chi connectivity index (χ2n) is 4.40. The smallest absolute Gasteiger partial charge is 0.274 e. The number of nitrogens with zero attached hydrogens (tertiary/aromatic N) is 2. The fourth-order valence-electron chi connectivity index (χ4n) is 1.96. The summed E-state index contributed by atoms with van der Waals surface area (Å²) in [6.07, 6.45) is 2.92. The van der Waals surface area contributed by atoms with Crippen molar-refractivity contribution < 1.29 is 4.79 Å². The molecule has 3 aromatic rings. The lowest BCUT2D eigenvalue weighted by Gasteiger charge is -2.01. The number of amides is 1. The van der Waals surface area contributed by atoms with Crippen LogP contribution in [0.5, 0.6) is 0 Å². The Kier molecular flexibility index (Phi) is 3.04. The molecule has 0 spiro atoms. The van der Waals surface area contributed by atoms with Crippen LogP contribution in [-0.4, -0.2) is 26.1 Å². The van der Waals surface area contributed by atoms with Gasteiger partial charge in [0.15, 0.2) is 5.82 Å². The van der Waals surface area contributed by atoms with Gasteiger partial charge < -0.3 is 10.3 Å². The second kappa shape index (κ2) is 5.00. The summed E-state index contributed by atoms with van der Waals surface area (Å²) < 4.78 is 0. The van der Waals surface area contributed by atoms with Crippen LogP contribution >= 0.6 is 0 Å². The van der Waals surface area contributed by atoms with Gasteiger partial charge in [0, 0.05) is 11.6 Å². The van der Waals surface area contributed by atoms with E-state index in [2.05, 4.69) is 25.5 Å². The van der Waals surface area contributed by atoms with Gasteiger partial charge in [-0.3, -0.25) is 9.89 Å². The van der Waals surface area contributed by atoms with Crippen molar-refractivity contribution in [3.63, 3.8) is 0 Å². The normalized spacial score (nSPS) is 10.4. The van der Waals surface area contributed by atoms with E-state index >= 15 is 0 Å². The summed E-state index contributed by atoms with van der Waals surface area (Å²) in [5.74, 6) is 0.202. The van der Waals surface area contributed by atoms with Crippen molar-refractivity contribution in [3.05, 3.63) is 54.1 Å². The summed E-state index contributed by atoms with van der Waals surface area (Å²) in [7, 11) is 0. The van der Waals surface area contributed by atoms with Crippen LogP contribution < -0.4 is 5.32 Å². The van der Waals surface area contributed by atoms with Crippen molar-refractivity contribution >= 4 is 11.7 Å². The van der Waals surface area contributed by atoms with E-state index < -0.39 is 0 Å². The second-order valence-corrected chi connectivity index (χ2v) is 4.40. The lowest BCUT2D eigenvalue weighted by atomic mass is 10.1. The molecule has 0 bridgehead atoms. The first-order chi connectivity index (χ1) is 9.74. The largest absolute Gasteiger partial charge is 0.341 e. The van der Waals surface area contributed by atoms with E-state index in [4.69, 9.17) is 0 Å². The summed E-state index contributed by atoms with van der Waals surface area (Å²) >= 11 is 0. The zero-order chi connectivity index (χ0) is 13.9. The van der Waals surface area contributed by atoms with Gasteiger partial charge in [-0.2, -0.15) is 5.10 Å². The molecule has 3 N–H and O–H groups in total. The Hall–Kier alpha value is -2.89. The van der Waals surface area contributed by atoms with Crippen LogP contribution in [0.25, 0.3) is 11.3 Å². The highest BCUT2D eigenvalue weighted by Crippen LogP contribution is 2.23. The molecular formula is C14H13N5O. The molecule has 0 fully saturated rings. The summed E-state index contributed by atoms with van der Waals surface area (Å²) in [6, 6.07) is 9.78. The van der Waals surface area contributed by atoms with Gasteiger partial charge in [-0.1, -0.05) is 24.3 Å². The number of aromatic nitrogens is 4. The molecule has 20 heavy (non-hydrogen) atoms. The maximum atomic E-state index is 11.9. The van der Waals surface area contributed by atoms with Gasteiger partial charge in [0.1, 0.15) is 5.69 Å². The molecule has 6 heteroatoms. The Labute approximate surface area is 115 Å². The number of carbonyl (C=O) groups excluding carboxylic acids is 1. The minimum atomic E-state index is -0.273. The highest BCUT2D eigenvalue weighted by molar-refractivity contribution is 6.02. The SMILES string of the molecule is Cc1ccccc1-c1cc(NC(=O)c2cnc[nH]2)n[nH]1. The maximum Gasteiger partial charge on any atom is 0.274 e. The molecule has 3 rings (SSSR count). The van der Waals surface area contributed by atoms with E-state index in [9.17, 15) is 4.79 Å². The Bertz CT molecular complexity index is 730. The molecule has 0 unspecified atom stereocenters. The number of aromatic amines is 2. The number of rotatable bonds is 3. The first-order valence-electron chi connectivity index (χ1n) is 6.15.